The van der Waals surface area contributed by atoms with Crippen LogP contribution in [0.25, 0.3) is 10.9 Å². The van der Waals surface area contributed by atoms with Crippen molar-refractivity contribution in [2.24, 2.45) is 0 Å². The Kier molecular flexibility index (Phi) is 4.07. The van der Waals surface area contributed by atoms with E-state index in [0.29, 0.717) is 17.2 Å². The van der Waals surface area contributed by atoms with Gasteiger partial charge < -0.3 is 4.74 Å². The molecule has 3 nitrogen and oxygen atoms in total. The number of aromatic nitrogens is 1. The largest absolute Gasteiger partial charge is 0.489 e. The summed E-state index contributed by atoms with van der Waals surface area (Å²) in [4.78, 5) is 15.7. The maximum Gasteiger partial charge on any atom is 0.161 e. The third-order valence-electron chi connectivity index (χ3n) is 3.36. The zero-order valence-corrected chi connectivity index (χ0v) is 12.8. The first-order chi connectivity index (χ1) is 10.6. The second-order valence-corrected chi connectivity index (χ2v) is 5.49. The maximum absolute atomic E-state index is 11.4. The minimum absolute atomic E-state index is 0.00989. The van der Waals surface area contributed by atoms with Gasteiger partial charge >= 0.3 is 0 Å². The van der Waals surface area contributed by atoms with E-state index in [1.54, 1.807) is 6.20 Å². The van der Waals surface area contributed by atoms with Gasteiger partial charge in [-0.25, -0.2) is 0 Å². The Balaban J connectivity index is 1.80. The normalized spacial score (nSPS) is 10.6. The molecule has 110 valence electrons. The Morgan fingerprint density at radius 2 is 2.05 bits per heavy atom. The minimum atomic E-state index is 0.00989. The van der Waals surface area contributed by atoms with Crippen LogP contribution in [0.5, 0.6) is 5.75 Å². The molecule has 0 radical (unpaired) electrons. The number of carbonyl (C=O) groups excluding carboxylic acids is 1. The number of hydrogen-bond donors (Lipinski definition) is 0. The van der Waals surface area contributed by atoms with Crippen molar-refractivity contribution in [3.63, 3.8) is 0 Å². The lowest BCUT2D eigenvalue weighted by Crippen LogP contribution is -1.96. The summed E-state index contributed by atoms with van der Waals surface area (Å²) < 4.78 is 5.77. The molecule has 3 rings (SSSR count). The van der Waals surface area contributed by atoms with E-state index in [4.69, 9.17) is 16.3 Å². The third-order valence-corrected chi connectivity index (χ3v) is 3.59. The van der Waals surface area contributed by atoms with Crippen LogP contribution in [0, 0.1) is 0 Å². The van der Waals surface area contributed by atoms with Crippen molar-refractivity contribution in [1.29, 1.82) is 0 Å². The molecule has 0 bridgehead atoms. The molecule has 0 aliphatic heterocycles. The number of halogens is 1. The Morgan fingerprint density at radius 3 is 2.82 bits per heavy atom. The van der Waals surface area contributed by atoms with Crippen LogP contribution in [0.4, 0.5) is 0 Å². The van der Waals surface area contributed by atoms with Gasteiger partial charge in [-0.05, 0) is 42.8 Å². The van der Waals surface area contributed by atoms with E-state index in [-0.39, 0.29) is 5.78 Å². The molecule has 0 unspecified atom stereocenters. The summed E-state index contributed by atoms with van der Waals surface area (Å²) in [7, 11) is 0. The lowest BCUT2D eigenvalue weighted by Gasteiger charge is -2.08. The molecule has 0 amide bonds. The van der Waals surface area contributed by atoms with Crippen molar-refractivity contribution < 1.29 is 9.53 Å². The van der Waals surface area contributed by atoms with Crippen LogP contribution in [0.1, 0.15) is 22.8 Å². The van der Waals surface area contributed by atoms with Gasteiger partial charge in [-0.3, -0.25) is 9.78 Å². The molecule has 1 aromatic heterocycles. The first kappa shape index (κ1) is 14.5. The molecule has 0 aliphatic rings. The number of fused-ring (bicyclic) bond motifs is 1. The van der Waals surface area contributed by atoms with Crippen LogP contribution in [0.3, 0.4) is 0 Å². The smallest absolute Gasteiger partial charge is 0.161 e. The van der Waals surface area contributed by atoms with Gasteiger partial charge in [-0.1, -0.05) is 23.7 Å². The Bertz CT molecular complexity index is 845. The highest BCUT2D eigenvalue weighted by molar-refractivity contribution is 6.30. The summed E-state index contributed by atoms with van der Waals surface area (Å²) in [5.41, 5.74) is 2.42. The monoisotopic (exact) mass is 311 g/mol. The number of ether oxygens (including phenoxy) is 1. The maximum atomic E-state index is 11.4. The fourth-order valence-corrected chi connectivity index (χ4v) is 2.39. The zero-order chi connectivity index (χ0) is 15.5. The van der Waals surface area contributed by atoms with Crippen LogP contribution in [-0.4, -0.2) is 10.8 Å². The molecule has 0 fully saturated rings. The molecule has 0 aliphatic carbocycles. The van der Waals surface area contributed by atoms with Crippen molar-refractivity contribution in [2.75, 3.05) is 0 Å². The van der Waals surface area contributed by atoms with Gasteiger partial charge in [-0.2, -0.15) is 0 Å². The number of rotatable bonds is 4. The van der Waals surface area contributed by atoms with Gasteiger partial charge in [0, 0.05) is 28.2 Å². The van der Waals surface area contributed by atoms with Crippen LogP contribution in [0.2, 0.25) is 5.02 Å². The molecule has 0 saturated heterocycles. The second kappa shape index (κ2) is 6.16. The lowest BCUT2D eigenvalue weighted by atomic mass is 10.1. The first-order valence-electron chi connectivity index (χ1n) is 6.90. The summed E-state index contributed by atoms with van der Waals surface area (Å²) in [5, 5.41) is 1.61. The van der Waals surface area contributed by atoms with Crippen molar-refractivity contribution in [3.05, 3.63) is 70.9 Å². The molecule has 0 atom stereocenters. The van der Waals surface area contributed by atoms with E-state index in [1.165, 1.54) is 6.92 Å². The van der Waals surface area contributed by atoms with Gasteiger partial charge in [0.2, 0.25) is 0 Å². The summed E-state index contributed by atoms with van der Waals surface area (Å²) >= 11 is 5.95. The fraction of sp³-hybridized carbons (Fsp3) is 0.111. The highest BCUT2D eigenvalue weighted by atomic mass is 35.5. The summed E-state index contributed by atoms with van der Waals surface area (Å²) in [5.74, 6) is 0.742. The molecule has 3 aromatic rings. The standard InChI is InChI=1S/C18H14ClNO2/c1-12(21)15-8-14-5-6-17(9-18(14)20-10-15)22-11-13-3-2-4-16(19)7-13/h2-10H,11H2,1H3. The quantitative estimate of drug-likeness (QED) is 0.657. The van der Waals surface area contributed by atoms with Crippen LogP contribution in [-0.2, 0) is 6.61 Å². The zero-order valence-electron chi connectivity index (χ0n) is 12.0. The summed E-state index contributed by atoms with van der Waals surface area (Å²) in [6.07, 6.45) is 1.59. The van der Waals surface area contributed by atoms with E-state index < -0.39 is 0 Å². The van der Waals surface area contributed by atoms with Gasteiger partial charge in [0.25, 0.3) is 0 Å². The Morgan fingerprint density at radius 1 is 1.18 bits per heavy atom. The molecule has 1 heterocycles. The number of carbonyl (C=O) groups is 1. The van der Waals surface area contributed by atoms with Crippen LogP contribution in [0.15, 0.2) is 54.7 Å². The van der Waals surface area contributed by atoms with E-state index in [9.17, 15) is 4.79 Å². The van der Waals surface area contributed by atoms with E-state index in [2.05, 4.69) is 4.98 Å². The van der Waals surface area contributed by atoms with E-state index in [0.717, 1.165) is 22.2 Å². The molecular weight excluding hydrogens is 298 g/mol. The van der Waals surface area contributed by atoms with Crippen molar-refractivity contribution in [2.45, 2.75) is 13.5 Å². The van der Waals surface area contributed by atoms with E-state index >= 15 is 0 Å². The summed E-state index contributed by atoms with van der Waals surface area (Å²) in [6, 6.07) is 15.0. The topological polar surface area (TPSA) is 39.2 Å². The first-order valence-corrected chi connectivity index (χ1v) is 7.27. The summed E-state index contributed by atoms with van der Waals surface area (Å²) in [6.45, 7) is 1.98. The molecule has 4 heteroatoms. The van der Waals surface area contributed by atoms with Crippen molar-refractivity contribution in [3.8, 4) is 5.75 Å². The minimum Gasteiger partial charge on any atom is -0.489 e. The molecular formula is C18H14ClNO2. The number of nitrogens with zero attached hydrogens (tertiary/aromatic N) is 1. The van der Waals surface area contributed by atoms with Crippen LogP contribution >= 0.6 is 11.6 Å². The molecule has 0 saturated carbocycles. The predicted molar refractivity (Wildman–Crippen MR) is 87.5 cm³/mol. The average Bonchev–Trinajstić information content (AvgIpc) is 2.52. The SMILES string of the molecule is CC(=O)c1cnc2cc(OCc3cccc(Cl)c3)ccc2c1. The number of hydrogen-bond acceptors (Lipinski definition) is 3. The van der Waals surface area contributed by atoms with Gasteiger partial charge in [0.1, 0.15) is 12.4 Å². The molecule has 0 spiro atoms. The van der Waals surface area contributed by atoms with Gasteiger partial charge in [0.15, 0.2) is 5.78 Å². The molecule has 0 N–H and O–H groups in total. The molecule has 22 heavy (non-hydrogen) atoms. The van der Waals surface area contributed by atoms with Crippen molar-refractivity contribution in [1.82, 2.24) is 4.98 Å². The highest BCUT2D eigenvalue weighted by Gasteiger charge is 2.04. The van der Waals surface area contributed by atoms with Gasteiger partial charge in [-0.15, -0.1) is 0 Å². The number of benzene rings is 2. The Labute approximate surface area is 133 Å². The second-order valence-electron chi connectivity index (χ2n) is 5.05. The molecule has 2 aromatic carbocycles. The fourth-order valence-electron chi connectivity index (χ4n) is 2.18. The number of ketones is 1. The van der Waals surface area contributed by atoms with E-state index in [1.807, 2.05) is 48.5 Å². The third kappa shape index (κ3) is 3.26. The number of pyridine rings is 1. The van der Waals surface area contributed by atoms with Crippen LogP contribution < -0.4 is 4.74 Å². The Hall–Kier alpha value is -2.39. The highest BCUT2D eigenvalue weighted by Crippen LogP contribution is 2.21. The average molecular weight is 312 g/mol. The lowest BCUT2D eigenvalue weighted by molar-refractivity contribution is 0.101. The van der Waals surface area contributed by atoms with Crippen molar-refractivity contribution >= 4 is 28.3 Å². The predicted octanol–water partition coefficient (Wildman–Crippen LogP) is 4.67. The van der Waals surface area contributed by atoms with Gasteiger partial charge in [0.05, 0.1) is 5.52 Å². The number of Topliss-reactive ketones (excluding diaryl/α,β-unsaturated/α-hetero) is 1.